The summed E-state index contributed by atoms with van der Waals surface area (Å²) in [4.78, 5) is 26.1. The molecule has 0 aromatic carbocycles. The molecule has 2 aromatic rings. The van der Waals surface area contributed by atoms with E-state index in [4.69, 9.17) is 9.15 Å². The summed E-state index contributed by atoms with van der Waals surface area (Å²) in [6, 6.07) is 3.29. The molecule has 0 bridgehead atoms. The fourth-order valence-corrected chi connectivity index (χ4v) is 3.13. The number of rotatable bonds is 5. The Balaban J connectivity index is 1.74. The number of nitrogens with one attached hydrogen (secondary N) is 1. The van der Waals surface area contributed by atoms with Gasteiger partial charge < -0.3 is 14.1 Å². The van der Waals surface area contributed by atoms with Crippen molar-refractivity contribution < 1.29 is 13.9 Å². The van der Waals surface area contributed by atoms with E-state index < -0.39 is 0 Å². The van der Waals surface area contributed by atoms with Gasteiger partial charge in [0.05, 0.1) is 6.61 Å². The van der Waals surface area contributed by atoms with E-state index in [2.05, 4.69) is 10.2 Å². The maximum absolute atomic E-state index is 12.6. The number of furan rings is 1. The molecule has 8 nitrogen and oxygen atoms in total. The number of hydrogen-bond donors (Lipinski definition) is 1. The summed E-state index contributed by atoms with van der Waals surface area (Å²) in [5.74, 6) is 1.22. The summed E-state index contributed by atoms with van der Waals surface area (Å²) in [6.45, 7) is 6.00. The Kier molecular flexibility index (Phi) is 4.73. The molecule has 3 rings (SSSR count). The van der Waals surface area contributed by atoms with Gasteiger partial charge in [-0.1, -0.05) is 0 Å². The molecule has 130 valence electrons. The first kappa shape index (κ1) is 16.4. The molecule has 8 heteroatoms. The minimum atomic E-state index is -0.205. The molecule has 3 heterocycles. The van der Waals surface area contributed by atoms with Crippen LogP contribution in [0.15, 0.2) is 21.3 Å². The first-order chi connectivity index (χ1) is 11.6. The number of carbonyl (C=O) groups excluding carboxylic acids is 1. The van der Waals surface area contributed by atoms with Crippen molar-refractivity contribution in [2.45, 2.75) is 39.2 Å². The Morgan fingerprint density at radius 1 is 1.46 bits per heavy atom. The molecule has 0 saturated carbocycles. The third-order valence-electron chi connectivity index (χ3n) is 4.26. The monoisotopic (exact) mass is 334 g/mol. The van der Waals surface area contributed by atoms with Crippen LogP contribution in [0, 0.1) is 0 Å². The number of aromatic amines is 1. The van der Waals surface area contributed by atoms with Gasteiger partial charge in [0.1, 0.15) is 5.82 Å². The normalized spacial score (nSPS) is 17.9. The predicted molar refractivity (Wildman–Crippen MR) is 86.3 cm³/mol. The van der Waals surface area contributed by atoms with Crippen molar-refractivity contribution in [3.8, 4) is 5.95 Å². The van der Waals surface area contributed by atoms with Crippen LogP contribution in [0.2, 0.25) is 0 Å². The van der Waals surface area contributed by atoms with Gasteiger partial charge in [0.15, 0.2) is 5.76 Å². The van der Waals surface area contributed by atoms with Gasteiger partial charge >= 0.3 is 5.69 Å². The highest BCUT2D eigenvalue weighted by Gasteiger charge is 2.30. The van der Waals surface area contributed by atoms with Crippen molar-refractivity contribution in [1.29, 1.82) is 0 Å². The fourth-order valence-electron chi connectivity index (χ4n) is 3.13. The van der Waals surface area contributed by atoms with Gasteiger partial charge in [-0.3, -0.25) is 9.36 Å². The van der Waals surface area contributed by atoms with Gasteiger partial charge in [-0.2, -0.15) is 5.10 Å². The van der Waals surface area contributed by atoms with E-state index in [0.29, 0.717) is 32.2 Å². The highest BCUT2D eigenvalue weighted by Crippen LogP contribution is 2.27. The first-order valence-electron chi connectivity index (χ1n) is 8.31. The van der Waals surface area contributed by atoms with Crippen LogP contribution in [0.1, 0.15) is 49.0 Å². The van der Waals surface area contributed by atoms with Crippen LogP contribution in [0.4, 0.5) is 0 Å². The molecule has 1 N–H and O–H groups in total. The number of carbonyl (C=O) groups is 1. The van der Waals surface area contributed by atoms with Crippen LogP contribution in [0.5, 0.6) is 5.95 Å². The molecule has 0 aliphatic carbocycles. The second-order valence-electron chi connectivity index (χ2n) is 5.77. The molecule has 0 radical (unpaired) electrons. The summed E-state index contributed by atoms with van der Waals surface area (Å²) in [6.07, 6.45) is 1.76. The van der Waals surface area contributed by atoms with Gasteiger partial charge in [-0.05, 0) is 32.8 Å². The third-order valence-corrected chi connectivity index (χ3v) is 4.26. The van der Waals surface area contributed by atoms with Crippen molar-refractivity contribution >= 4 is 5.91 Å². The maximum Gasteiger partial charge on any atom is 0.343 e. The number of likely N-dealkylation sites (tertiary alicyclic amines) is 1. The number of nitrogens with zero attached hydrogens (tertiary/aromatic N) is 3. The van der Waals surface area contributed by atoms with Crippen LogP contribution in [-0.4, -0.2) is 45.3 Å². The summed E-state index contributed by atoms with van der Waals surface area (Å²) >= 11 is 0. The van der Waals surface area contributed by atoms with Crippen LogP contribution in [0.3, 0.4) is 0 Å². The van der Waals surface area contributed by atoms with Crippen molar-refractivity contribution in [3.05, 3.63) is 34.2 Å². The average molecular weight is 334 g/mol. The number of hydrogen-bond acceptors (Lipinski definition) is 5. The van der Waals surface area contributed by atoms with Crippen molar-refractivity contribution in [1.82, 2.24) is 19.7 Å². The molecule has 1 aliphatic heterocycles. The second-order valence-corrected chi connectivity index (χ2v) is 5.77. The minimum Gasteiger partial charge on any atom is -0.465 e. The third kappa shape index (κ3) is 3.08. The number of piperidine rings is 1. The minimum absolute atomic E-state index is 0.0444. The summed E-state index contributed by atoms with van der Waals surface area (Å²) in [5.41, 5.74) is -0.205. The highest BCUT2D eigenvalue weighted by molar-refractivity contribution is 5.91. The summed E-state index contributed by atoms with van der Waals surface area (Å²) in [7, 11) is 0. The molecule has 1 saturated heterocycles. The lowest BCUT2D eigenvalue weighted by atomic mass is 9.97. The number of aromatic nitrogens is 3. The van der Waals surface area contributed by atoms with Crippen LogP contribution < -0.4 is 10.4 Å². The number of ether oxygens (including phenoxy) is 1. The molecule has 1 fully saturated rings. The molecular formula is C16H22N4O4. The Bertz CT molecular complexity index is 760. The Morgan fingerprint density at radius 3 is 3.04 bits per heavy atom. The van der Waals surface area contributed by atoms with E-state index in [1.165, 1.54) is 0 Å². The molecule has 1 atom stereocenters. The smallest absolute Gasteiger partial charge is 0.343 e. The SMILES string of the molecule is CCOc1ccc(C(=O)N2CCCC(c3n[nH]c(=O)n3CC)C2)o1. The van der Waals surface area contributed by atoms with Crippen molar-refractivity contribution in [2.24, 2.45) is 0 Å². The lowest BCUT2D eigenvalue weighted by molar-refractivity contribution is 0.0663. The predicted octanol–water partition coefficient (Wildman–Crippen LogP) is 1.60. The number of H-pyrrole nitrogens is 1. The van der Waals surface area contributed by atoms with Crippen molar-refractivity contribution in [2.75, 3.05) is 19.7 Å². The van der Waals surface area contributed by atoms with E-state index in [9.17, 15) is 9.59 Å². The van der Waals surface area contributed by atoms with Crippen molar-refractivity contribution in [3.63, 3.8) is 0 Å². The lowest BCUT2D eigenvalue weighted by Crippen LogP contribution is -2.40. The first-order valence-corrected chi connectivity index (χ1v) is 8.31. The van der Waals surface area contributed by atoms with Crippen LogP contribution in [0.25, 0.3) is 0 Å². The summed E-state index contributed by atoms with van der Waals surface area (Å²) in [5, 5.41) is 6.65. The van der Waals surface area contributed by atoms with E-state index in [1.54, 1.807) is 21.6 Å². The zero-order valence-corrected chi connectivity index (χ0v) is 13.9. The molecule has 1 aliphatic rings. The molecule has 1 amide bonds. The fraction of sp³-hybridized carbons (Fsp3) is 0.562. The Labute approximate surface area is 139 Å². The summed E-state index contributed by atoms with van der Waals surface area (Å²) < 4.78 is 12.3. The molecule has 2 aromatic heterocycles. The van der Waals surface area contributed by atoms with Gasteiger partial charge in [0.2, 0.25) is 0 Å². The Hall–Kier alpha value is -2.51. The standard InChI is InChI=1S/C16H22N4O4/c1-3-20-14(17-18-16(20)22)11-6-5-9-19(10-11)15(21)12-7-8-13(24-12)23-4-2/h7-8,11H,3-6,9-10H2,1-2H3,(H,18,22). The number of amides is 1. The van der Waals surface area contributed by atoms with Crippen LogP contribution >= 0.6 is 0 Å². The molecule has 0 spiro atoms. The average Bonchev–Trinajstić information content (AvgIpc) is 3.21. The molecule has 24 heavy (non-hydrogen) atoms. The topological polar surface area (TPSA) is 93.4 Å². The van der Waals surface area contributed by atoms with E-state index in [-0.39, 0.29) is 23.3 Å². The van der Waals surface area contributed by atoms with E-state index in [0.717, 1.165) is 18.7 Å². The highest BCUT2D eigenvalue weighted by atomic mass is 16.6. The van der Waals surface area contributed by atoms with Gasteiger partial charge in [0, 0.05) is 31.6 Å². The van der Waals surface area contributed by atoms with Gasteiger partial charge in [-0.25, -0.2) is 9.89 Å². The molecular weight excluding hydrogens is 312 g/mol. The quantitative estimate of drug-likeness (QED) is 0.896. The van der Waals surface area contributed by atoms with E-state index >= 15 is 0 Å². The zero-order valence-electron chi connectivity index (χ0n) is 13.9. The largest absolute Gasteiger partial charge is 0.465 e. The van der Waals surface area contributed by atoms with Gasteiger partial charge in [-0.15, -0.1) is 0 Å². The van der Waals surface area contributed by atoms with Crippen LogP contribution in [-0.2, 0) is 6.54 Å². The molecule has 1 unspecified atom stereocenters. The second kappa shape index (κ2) is 6.94. The zero-order chi connectivity index (χ0) is 17.1. The maximum atomic E-state index is 12.6. The van der Waals surface area contributed by atoms with E-state index in [1.807, 2.05) is 13.8 Å². The lowest BCUT2D eigenvalue weighted by Gasteiger charge is -2.31. The Morgan fingerprint density at radius 2 is 2.29 bits per heavy atom. The van der Waals surface area contributed by atoms with Gasteiger partial charge in [0.25, 0.3) is 11.9 Å².